The molecule has 1 fully saturated rings. The molecule has 3 nitrogen and oxygen atoms in total. The second-order valence-electron chi connectivity index (χ2n) is 5.21. The van der Waals surface area contributed by atoms with Crippen LogP contribution in [0.3, 0.4) is 0 Å². The summed E-state index contributed by atoms with van der Waals surface area (Å²) in [5, 5.41) is 9.65. The van der Waals surface area contributed by atoms with E-state index in [2.05, 4.69) is 0 Å². The van der Waals surface area contributed by atoms with Crippen molar-refractivity contribution in [3.05, 3.63) is 29.3 Å². The molecule has 0 unspecified atom stereocenters. The molecule has 1 aromatic carbocycles. The highest BCUT2D eigenvalue weighted by Gasteiger charge is 2.43. The Morgan fingerprint density at radius 3 is 2.45 bits per heavy atom. The van der Waals surface area contributed by atoms with E-state index in [1.807, 2.05) is 0 Å². The first-order valence-corrected chi connectivity index (χ1v) is 6.71. The Kier molecular flexibility index (Phi) is 4.26. The fourth-order valence-electron chi connectivity index (χ4n) is 2.99. The van der Waals surface area contributed by atoms with Gasteiger partial charge in [-0.2, -0.15) is 0 Å². The molecule has 1 aromatic rings. The van der Waals surface area contributed by atoms with E-state index in [1.165, 1.54) is 25.3 Å². The average Bonchev–Trinajstić information content (AvgIpc) is 2.47. The van der Waals surface area contributed by atoms with Crippen LogP contribution >= 0.6 is 0 Å². The standard InChI is InChI=1S/C15H18F2O3/c1-20-12-6-5-10(13(16)17)9-11(12)15(14(18)19)7-3-2-4-8-15/h5-6,9,13H,2-4,7-8H2,1H3,(H,18,19). The van der Waals surface area contributed by atoms with Crippen molar-refractivity contribution in [1.82, 2.24) is 0 Å². The number of alkyl halides is 2. The summed E-state index contributed by atoms with van der Waals surface area (Å²) in [6.45, 7) is 0. The summed E-state index contributed by atoms with van der Waals surface area (Å²) in [7, 11) is 1.43. The monoisotopic (exact) mass is 284 g/mol. The highest BCUT2D eigenvalue weighted by Crippen LogP contribution is 2.44. The molecule has 0 atom stereocenters. The highest BCUT2D eigenvalue weighted by atomic mass is 19.3. The molecule has 0 aliphatic heterocycles. The molecular weight excluding hydrogens is 266 g/mol. The maximum absolute atomic E-state index is 12.9. The number of aliphatic carboxylic acids is 1. The molecule has 1 saturated carbocycles. The lowest BCUT2D eigenvalue weighted by Gasteiger charge is -2.34. The maximum Gasteiger partial charge on any atom is 0.314 e. The smallest absolute Gasteiger partial charge is 0.314 e. The second kappa shape index (κ2) is 5.77. The van der Waals surface area contributed by atoms with Crippen LogP contribution in [0.25, 0.3) is 0 Å². The van der Waals surface area contributed by atoms with E-state index < -0.39 is 17.8 Å². The van der Waals surface area contributed by atoms with Gasteiger partial charge in [0.2, 0.25) is 0 Å². The van der Waals surface area contributed by atoms with Gasteiger partial charge in [0.05, 0.1) is 12.5 Å². The minimum Gasteiger partial charge on any atom is -0.496 e. The third-order valence-electron chi connectivity index (χ3n) is 4.11. The van der Waals surface area contributed by atoms with Crippen LogP contribution in [0.2, 0.25) is 0 Å². The lowest BCUT2D eigenvalue weighted by atomic mass is 9.69. The van der Waals surface area contributed by atoms with E-state index in [1.54, 1.807) is 0 Å². The van der Waals surface area contributed by atoms with Crippen LogP contribution < -0.4 is 4.74 Å². The van der Waals surface area contributed by atoms with Gasteiger partial charge in [-0.25, -0.2) is 8.78 Å². The quantitative estimate of drug-likeness (QED) is 0.911. The van der Waals surface area contributed by atoms with Crippen molar-refractivity contribution in [3.8, 4) is 5.75 Å². The Balaban J connectivity index is 2.56. The molecule has 1 aliphatic carbocycles. The topological polar surface area (TPSA) is 46.5 Å². The van der Waals surface area contributed by atoms with E-state index >= 15 is 0 Å². The molecule has 20 heavy (non-hydrogen) atoms. The third kappa shape index (κ3) is 2.49. The summed E-state index contributed by atoms with van der Waals surface area (Å²) in [6, 6.07) is 4.02. The Bertz CT molecular complexity index is 494. The van der Waals surface area contributed by atoms with Gasteiger partial charge < -0.3 is 9.84 Å². The van der Waals surface area contributed by atoms with Gasteiger partial charge in [0.15, 0.2) is 0 Å². The number of methoxy groups -OCH3 is 1. The van der Waals surface area contributed by atoms with Gasteiger partial charge >= 0.3 is 5.97 Å². The predicted octanol–water partition coefficient (Wildman–Crippen LogP) is 3.92. The van der Waals surface area contributed by atoms with Crippen molar-refractivity contribution in [2.24, 2.45) is 0 Å². The van der Waals surface area contributed by atoms with Crippen LogP contribution in [0.1, 0.15) is 49.7 Å². The maximum atomic E-state index is 12.9. The summed E-state index contributed by atoms with van der Waals surface area (Å²) in [6.07, 6.45) is 0.861. The van der Waals surface area contributed by atoms with Gasteiger partial charge in [0, 0.05) is 11.1 Å². The van der Waals surface area contributed by atoms with E-state index in [4.69, 9.17) is 4.74 Å². The number of rotatable bonds is 4. The van der Waals surface area contributed by atoms with Crippen molar-refractivity contribution in [3.63, 3.8) is 0 Å². The number of benzene rings is 1. The molecule has 0 saturated heterocycles. The zero-order chi connectivity index (χ0) is 14.8. The number of carboxylic acid groups (broad SMARTS) is 1. The molecule has 0 heterocycles. The fraction of sp³-hybridized carbons (Fsp3) is 0.533. The summed E-state index contributed by atoms with van der Waals surface area (Å²) >= 11 is 0. The van der Waals surface area contributed by atoms with Crippen LogP contribution in [0.15, 0.2) is 18.2 Å². The molecular formula is C15H18F2O3. The van der Waals surface area contributed by atoms with Crippen LogP contribution in [-0.4, -0.2) is 18.2 Å². The van der Waals surface area contributed by atoms with Gasteiger partial charge in [-0.05, 0) is 31.0 Å². The fourth-order valence-corrected chi connectivity index (χ4v) is 2.99. The lowest BCUT2D eigenvalue weighted by molar-refractivity contribution is -0.145. The molecule has 0 aromatic heterocycles. The van der Waals surface area contributed by atoms with Crippen molar-refractivity contribution in [2.45, 2.75) is 43.9 Å². The summed E-state index contributed by atoms with van der Waals surface area (Å²) in [5.41, 5.74) is -0.883. The van der Waals surface area contributed by atoms with Crippen molar-refractivity contribution >= 4 is 5.97 Å². The Labute approximate surface area is 116 Å². The zero-order valence-electron chi connectivity index (χ0n) is 11.4. The number of halogens is 2. The van der Waals surface area contributed by atoms with Crippen LogP contribution in [0, 0.1) is 0 Å². The van der Waals surface area contributed by atoms with E-state index in [0.29, 0.717) is 24.2 Å². The SMILES string of the molecule is COc1ccc(C(F)F)cc1C1(C(=O)O)CCCCC1. The normalized spacial score (nSPS) is 18.0. The average molecular weight is 284 g/mol. The largest absolute Gasteiger partial charge is 0.496 e. The molecule has 5 heteroatoms. The van der Waals surface area contributed by atoms with Crippen LogP contribution in [0.5, 0.6) is 5.75 Å². The summed E-state index contributed by atoms with van der Waals surface area (Å²) < 4.78 is 31.0. The number of carboxylic acids is 1. The van der Waals surface area contributed by atoms with E-state index in [9.17, 15) is 18.7 Å². The Morgan fingerprint density at radius 1 is 1.30 bits per heavy atom. The Hall–Kier alpha value is -1.65. The summed E-state index contributed by atoms with van der Waals surface area (Å²) in [4.78, 5) is 11.8. The van der Waals surface area contributed by atoms with Crippen molar-refractivity contribution in [2.75, 3.05) is 7.11 Å². The molecule has 0 spiro atoms. The van der Waals surface area contributed by atoms with Gasteiger partial charge in [-0.15, -0.1) is 0 Å². The second-order valence-corrected chi connectivity index (χ2v) is 5.21. The Morgan fingerprint density at radius 2 is 1.95 bits per heavy atom. The molecule has 0 radical (unpaired) electrons. The lowest BCUT2D eigenvalue weighted by Crippen LogP contribution is -2.38. The minimum atomic E-state index is -2.62. The number of hydrogen-bond donors (Lipinski definition) is 1. The first-order chi connectivity index (χ1) is 9.51. The van der Waals surface area contributed by atoms with Gasteiger partial charge in [-0.1, -0.05) is 19.3 Å². The number of ether oxygens (including phenoxy) is 1. The molecule has 0 amide bonds. The molecule has 1 N–H and O–H groups in total. The van der Waals surface area contributed by atoms with Gasteiger partial charge in [-0.3, -0.25) is 4.79 Å². The predicted molar refractivity (Wildman–Crippen MR) is 70.3 cm³/mol. The van der Waals surface area contributed by atoms with Crippen molar-refractivity contribution in [1.29, 1.82) is 0 Å². The van der Waals surface area contributed by atoms with E-state index in [0.717, 1.165) is 19.3 Å². The molecule has 0 bridgehead atoms. The third-order valence-corrected chi connectivity index (χ3v) is 4.11. The molecule has 2 rings (SSSR count). The van der Waals surface area contributed by atoms with Gasteiger partial charge in [0.1, 0.15) is 5.75 Å². The van der Waals surface area contributed by atoms with Gasteiger partial charge in [0.25, 0.3) is 6.43 Å². The van der Waals surface area contributed by atoms with Crippen molar-refractivity contribution < 1.29 is 23.4 Å². The number of carbonyl (C=O) groups is 1. The van der Waals surface area contributed by atoms with Crippen LogP contribution in [0.4, 0.5) is 8.78 Å². The first-order valence-electron chi connectivity index (χ1n) is 6.71. The number of hydrogen-bond acceptors (Lipinski definition) is 2. The molecule has 110 valence electrons. The molecule has 1 aliphatic rings. The minimum absolute atomic E-state index is 0.160. The first kappa shape index (κ1) is 14.8. The van der Waals surface area contributed by atoms with Crippen LogP contribution in [-0.2, 0) is 10.2 Å². The van der Waals surface area contributed by atoms with E-state index in [-0.39, 0.29) is 5.56 Å². The zero-order valence-corrected chi connectivity index (χ0v) is 11.4. The highest BCUT2D eigenvalue weighted by molar-refractivity contribution is 5.82. The summed E-state index contributed by atoms with van der Waals surface area (Å²) in [5.74, 6) is -0.583.